The summed E-state index contributed by atoms with van der Waals surface area (Å²) in [5.74, 6) is 0. The summed E-state index contributed by atoms with van der Waals surface area (Å²) in [4.78, 5) is 2.38. The summed E-state index contributed by atoms with van der Waals surface area (Å²) in [6.45, 7) is 6.25. The Morgan fingerprint density at radius 2 is 1.81 bits per heavy atom. The van der Waals surface area contributed by atoms with E-state index in [9.17, 15) is 5.11 Å². The molecule has 0 bridgehead atoms. The highest BCUT2D eigenvalue weighted by Gasteiger charge is 2.28. The zero-order valence-electron chi connectivity index (χ0n) is 10.5. The Morgan fingerprint density at radius 3 is 2.44 bits per heavy atom. The molecule has 2 rings (SSSR count). The van der Waals surface area contributed by atoms with Crippen LogP contribution in [0.15, 0.2) is 0 Å². The molecule has 0 aromatic heterocycles. The van der Waals surface area contributed by atoms with Crippen molar-refractivity contribution in [2.24, 2.45) is 0 Å². The second-order valence-corrected chi connectivity index (χ2v) is 5.81. The summed E-state index contributed by atoms with van der Waals surface area (Å²) in [5.41, 5.74) is 0.298. The molecule has 1 saturated heterocycles. The van der Waals surface area contributed by atoms with Crippen LogP contribution in [0.2, 0.25) is 0 Å². The van der Waals surface area contributed by atoms with Crippen molar-refractivity contribution < 1.29 is 5.11 Å². The van der Waals surface area contributed by atoms with Crippen molar-refractivity contribution in [1.29, 1.82) is 0 Å². The van der Waals surface area contributed by atoms with Crippen LogP contribution in [-0.4, -0.2) is 47.8 Å². The monoisotopic (exact) mass is 226 g/mol. The fourth-order valence-electron chi connectivity index (χ4n) is 3.02. The van der Waals surface area contributed by atoms with Gasteiger partial charge in [0.05, 0.1) is 6.10 Å². The molecule has 0 spiro atoms. The molecule has 2 N–H and O–H groups in total. The quantitative estimate of drug-likeness (QED) is 0.743. The van der Waals surface area contributed by atoms with E-state index in [2.05, 4.69) is 17.1 Å². The minimum absolute atomic E-state index is 0.199. The molecule has 3 nitrogen and oxygen atoms in total. The lowest BCUT2D eigenvalue weighted by Gasteiger charge is -2.28. The number of hydrogen-bond donors (Lipinski definition) is 2. The number of nitrogens with zero attached hydrogens (tertiary/aromatic N) is 1. The van der Waals surface area contributed by atoms with E-state index in [4.69, 9.17) is 0 Å². The van der Waals surface area contributed by atoms with E-state index in [-0.39, 0.29) is 6.10 Å². The molecule has 1 saturated carbocycles. The summed E-state index contributed by atoms with van der Waals surface area (Å²) in [5, 5.41) is 13.5. The van der Waals surface area contributed by atoms with Crippen LogP contribution in [0.1, 0.15) is 45.4 Å². The molecule has 0 aromatic carbocycles. The van der Waals surface area contributed by atoms with Gasteiger partial charge < -0.3 is 15.3 Å². The van der Waals surface area contributed by atoms with E-state index in [1.165, 1.54) is 51.6 Å². The third kappa shape index (κ3) is 3.44. The minimum atomic E-state index is -0.199. The van der Waals surface area contributed by atoms with Crippen molar-refractivity contribution in [3.05, 3.63) is 0 Å². The highest BCUT2D eigenvalue weighted by Crippen LogP contribution is 2.28. The van der Waals surface area contributed by atoms with Crippen LogP contribution in [0, 0.1) is 0 Å². The van der Waals surface area contributed by atoms with Crippen LogP contribution in [0.5, 0.6) is 0 Å². The SMILES string of the molecule is CC1(NCC(O)CN2CCCC2)CCCC1. The molecule has 1 heterocycles. The predicted octanol–water partition coefficient (Wildman–Crippen LogP) is 1.37. The van der Waals surface area contributed by atoms with Crippen molar-refractivity contribution in [3.63, 3.8) is 0 Å². The fourth-order valence-corrected chi connectivity index (χ4v) is 3.02. The van der Waals surface area contributed by atoms with Crippen LogP contribution in [-0.2, 0) is 0 Å². The van der Waals surface area contributed by atoms with E-state index in [0.717, 1.165) is 13.1 Å². The Bertz CT molecular complexity index is 208. The van der Waals surface area contributed by atoms with Gasteiger partial charge in [0.25, 0.3) is 0 Å². The minimum Gasteiger partial charge on any atom is -0.390 e. The molecule has 3 heteroatoms. The number of aliphatic hydroxyl groups is 1. The second kappa shape index (κ2) is 5.48. The molecule has 16 heavy (non-hydrogen) atoms. The molecule has 0 amide bonds. The van der Waals surface area contributed by atoms with Gasteiger partial charge in [-0.1, -0.05) is 12.8 Å². The zero-order valence-corrected chi connectivity index (χ0v) is 10.5. The van der Waals surface area contributed by atoms with Gasteiger partial charge in [-0.15, -0.1) is 0 Å². The average molecular weight is 226 g/mol. The van der Waals surface area contributed by atoms with Crippen LogP contribution >= 0.6 is 0 Å². The summed E-state index contributed by atoms with van der Waals surface area (Å²) in [6.07, 6.45) is 7.62. The zero-order chi connectivity index (χ0) is 11.4. The molecular weight excluding hydrogens is 200 g/mol. The number of nitrogens with one attached hydrogen (secondary N) is 1. The van der Waals surface area contributed by atoms with Crippen molar-refractivity contribution in [3.8, 4) is 0 Å². The molecule has 1 atom stereocenters. The molecule has 1 unspecified atom stereocenters. The van der Waals surface area contributed by atoms with Gasteiger partial charge in [-0.3, -0.25) is 0 Å². The molecule has 1 aliphatic carbocycles. The van der Waals surface area contributed by atoms with Gasteiger partial charge >= 0.3 is 0 Å². The maximum absolute atomic E-state index is 9.98. The van der Waals surface area contributed by atoms with Gasteiger partial charge in [0.2, 0.25) is 0 Å². The number of aliphatic hydroxyl groups excluding tert-OH is 1. The Labute approximate surface area is 99.2 Å². The lowest BCUT2D eigenvalue weighted by Crippen LogP contribution is -2.46. The van der Waals surface area contributed by atoms with Gasteiger partial charge in [-0.2, -0.15) is 0 Å². The number of rotatable bonds is 5. The molecule has 0 aromatic rings. The van der Waals surface area contributed by atoms with E-state index in [1.807, 2.05) is 0 Å². The molecule has 0 radical (unpaired) electrons. The number of likely N-dealkylation sites (tertiary alicyclic amines) is 1. The molecule has 2 aliphatic rings. The Morgan fingerprint density at radius 1 is 1.19 bits per heavy atom. The van der Waals surface area contributed by atoms with Crippen molar-refractivity contribution in [1.82, 2.24) is 10.2 Å². The number of β-amino-alcohol motifs (C(OH)–C–C–N with tert-alkyl or cyclic N) is 1. The third-order valence-electron chi connectivity index (χ3n) is 4.14. The van der Waals surface area contributed by atoms with E-state index in [0.29, 0.717) is 5.54 Å². The highest BCUT2D eigenvalue weighted by molar-refractivity contribution is 4.89. The maximum Gasteiger partial charge on any atom is 0.0791 e. The smallest absolute Gasteiger partial charge is 0.0791 e. The van der Waals surface area contributed by atoms with Crippen molar-refractivity contribution in [2.45, 2.75) is 57.1 Å². The standard InChI is InChI=1S/C13H26N2O/c1-13(6-2-3-7-13)14-10-12(16)11-15-8-4-5-9-15/h12,14,16H,2-11H2,1H3. The topological polar surface area (TPSA) is 35.5 Å². The van der Waals surface area contributed by atoms with Crippen LogP contribution in [0.4, 0.5) is 0 Å². The van der Waals surface area contributed by atoms with Gasteiger partial charge in [0, 0.05) is 18.6 Å². The molecular formula is C13H26N2O. The largest absolute Gasteiger partial charge is 0.390 e. The Kier molecular flexibility index (Phi) is 4.22. The lowest BCUT2D eigenvalue weighted by molar-refractivity contribution is 0.114. The van der Waals surface area contributed by atoms with Crippen molar-refractivity contribution in [2.75, 3.05) is 26.2 Å². The first-order valence-corrected chi connectivity index (χ1v) is 6.83. The summed E-state index contributed by atoms with van der Waals surface area (Å²) in [7, 11) is 0. The Balaban J connectivity index is 1.64. The van der Waals surface area contributed by atoms with E-state index >= 15 is 0 Å². The first-order chi connectivity index (χ1) is 7.68. The molecule has 1 aliphatic heterocycles. The van der Waals surface area contributed by atoms with Crippen LogP contribution in [0.3, 0.4) is 0 Å². The maximum atomic E-state index is 9.98. The van der Waals surface area contributed by atoms with Crippen LogP contribution < -0.4 is 5.32 Å². The van der Waals surface area contributed by atoms with Crippen molar-refractivity contribution >= 4 is 0 Å². The van der Waals surface area contributed by atoms with Gasteiger partial charge in [-0.05, 0) is 45.7 Å². The fraction of sp³-hybridized carbons (Fsp3) is 1.00. The first-order valence-electron chi connectivity index (χ1n) is 6.83. The Hall–Kier alpha value is -0.120. The highest BCUT2D eigenvalue weighted by atomic mass is 16.3. The van der Waals surface area contributed by atoms with Gasteiger partial charge in [0.15, 0.2) is 0 Å². The third-order valence-corrected chi connectivity index (χ3v) is 4.14. The first kappa shape index (κ1) is 12.3. The summed E-state index contributed by atoms with van der Waals surface area (Å²) >= 11 is 0. The van der Waals surface area contributed by atoms with Crippen LogP contribution in [0.25, 0.3) is 0 Å². The lowest BCUT2D eigenvalue weighted by atomic mass is 10.0. The van der Waals surface area contributed by atoms with Gasteiger partial charge in [-0.25, -0.2) is 0 Å². The van der Waals surface area contributed by atoms with Gasteiger partial charge in [0.1, 0.15) is 0 Å². The molecule has 94 valence electrons. The summed E-state index contributed by atoms with van der Waals surface area (Å²) in [6, 6.07) is 0. The predicted molar refractivity (Wildman–Crippen MR) is 66.6 cm³/mol. The van der Waals surface area contributed by atoms with E-state index < -0.39 is 0 Å². The number of hydrogen-bond acceptors (Lipinski definition) is 3. The summed E-state index contributed by atoms with van der Waals surface area (Å²) < 4.78 is 0. The second-order valence-electron chi connectivity index (χ2n) is 5.81. The normalized spacial score (nSPS) is 27.4. The average Bonchev–Trinajstić information content (AvgIpc) is 2.88. The van der Waals surface area contributed by atoms with E-state index in [1.54, 1.807) is 0 Å². The molecule has 2 fully saturated rings.